The minimum atomic E-state index is -0.240. The summed E-state index contributed by atoms with van der Waals surface area (Å²) in [6.45, 7) is 3.40. The van der Waals surface area contributed by atoms with E-state index in [1.54, 1.807) is 12.3 Å². The molecule has 4 nitrogen and oxygen atoms in total. The average Bonchev–Trinajstić information content (AvgIpc) is 2.83. The van der Waals surface area contributed by atoms with Gasteiger partial charge in [-0.25, -0.2) is 9.97 Å². The molecule has 0 radical (unpaired) electrons. The number of hydrogen-bond donors (Lipinski definition) is 1. The molecule has 0 bridgehead atoms. The van der Waals surface area contributed by atoms with E-state index in [0.29, 0.717) is 11.7 Å². The number of nitrogens with zero attached hydrogens (tertiary/aromatic N) is 2. The Hall–Kier alpha value is -1.71. The first-order chi connectivity index (χ1) is 7.79. The molecule has 1 aromatic heterocycles. The molecular formula is C12H15N3O. The minimum absolute atomic E-state index is 0.240. The maximum atomic E-state index is 11.1. The van der Waals surface area contributed by atoms with Gasteiger partial charge in [-0.2, -0.15) is 0 Å². The Labute approximate surface area is 94.8 Å². The zero-order chi connectivity index (χ0) is 11.4. The Bertz CT molecular complexity index is 397. The third kappa shape index (κ3) is 2.45. The summed E-state index contributed by atoms with van der Waals surface area (Å²) in [6.07, 6.45) is 7.73. The second-order valence-electron chi connectivity index (χ2n) is 3.97. The first-order valence-electron chi connectivity index (χ1n) is 5.56. The van der Waals surface area contributed by atoms with Crippen LogP contribution in [0, 0.1) is 0 Å². The molecule has 1 aliphatic carbocycles. The summed E-state index contributed by atoms with van der Waals surface area (Å²) in [7, 11) is 0. The van der Waals surface area contributed by atoms with Crippen molar-refractivity contribution < 1.29 is 4.79 Å². The molecule has 1 saturated carbocycles. The van der Waals surface area contributed by atoms with E-state index in [-0.39, 0.29) is 5.91 Å². The van der Waals surface area contributed by atoms with Crippen LogP contribution in [0.5, 0.6) is 0 Å². The van der Waals surface area contributed by atoms with Gasteiger partial charge in [-0.1, -0.05) is 19.4 Å². The molecule has 4 heteroatoms. The Morgan fingerprint density at radius 3 is 2.94 bits per heavy atom. The molecular weight excluding hydrogens is 202 g/mol. The highest BCUT2D eigenvalue weighted by Gasteiger charge is 2.19. The molecule has 0 atom stereocenters. The van der Waals surface area contributed by atoms with Gasteiger partial charge in [0.05, 0.1) is 0 Å². The van der Waals surface area contributed by atoms with Crippen molar-refractivity contribution in [3.8, 4) is 0 Å². The Morgan fingerprint density at radius 2 is 2.25 bits per heavy atom. The highest BCUT2D eigenvalue weighted by Crippen LogP contribution is 2.32. The standard InChI is InChI=1S/C12H15N3O/c1-2-11(16)14-10-7-8-13-12(15-10)9-5-3-4-6-9/h2,7-9H,1,3-6H2,(H,13,14,15,16). The number of aromatic nitrogens is 2. The van der Waals surface area contributed by atoms with Gasteiger partial charge >= 0.3 is 0 Å². The first-order valence-corrected chi connectivity index (χ1v) is 5.56. The van der Waals surface area contributed by atoms with Gasteiger partial charge in [0.25, 0.3) is 0 Å². The van der Waals surface area contributed by atoms with Crippen molar-refractivity contribution in [2.24, 2.45) is 0 Å². The monoisotopic (exact) mass is 217 g/mol. The Balaban J connectivity index is 2.12. The fraction of sp³-hybridized carbons (Fsp3) is 0.417. The summed E-state index contributed by atoms with van der Waals surface area (Å²) in [5.74, 6) is 1.62. The van der Waals surface area contributed by atoms with Crippen molar-refractivity contribution in [3.63, 3.8) is 0 Å². The van der Waals surface area contributed by atoms with Crippen LogP contribution >= 0.6 is 0 Å². The SMILES string of the molecule is C=CC(=O)Nc1ccnc(C2CCCC2)n1. The van der Waals surface area contributed by atoms with E-state index in [4.69, 9.17) is 0 Å². The number of nitrogens with one attached hydrogen (secondary N) is 1. The number of anilines is 1. The van der Waals surface area contributed by atoms with Crippen LogP contribution in [-0.4, -0.2) is 15.9 Å². The smallest absolute Gasteiger partial charge is 0.248 e. The van der Waals surface area contributed by atoms with E-state index in [1.807, 2.05) is 0 Å². The van der Waals surface area contributed by atoms with Gasteiger partial charge < -0.3 is 5.32 Å². The summed E-state index contributed by atoms with van der Waals surface area (Å²) in [5.41, 5.74) is 0. The summed E-state index contributed by atoms with van der Waals surface area (Å²) >= 11 is 0. The van der Waals surface area contributed by atoms with Crippen molar-refractivity contribution >= 4 is 11.7 Å². The molecule has 0 aliphatic heterocycles. The fourth-order valence-electron chi connectivity index (χ4n) is 2.00. The van der Waals surface area contributed by atoms with E-state index in [2.05, 4.69) is 21.9 Å². The van der Waals surface area contributed by atoms with Gasteiger partial charge in [0, 0.05) is 12.1 Å². The van der Waals surface area contributed by atoms with Crippen LogP contribution in [0.25, 0.3) is 0 Å². The normalized spacial score (nSPS) is 16.0. The summed E-state index contributed by atoms with van der Waals surface area (Å²) in [6, 6.07) is 1.69. The summed E-state index contributed by atoms with van der Waals surface area (Å²) < 4.78 is 0. The van der Waals surface area contributed by atoms with Gasteiger partial charge in [0.2, 0.25) is 5.91 Å². The molecule has 1 aromatic rings. The summed E-state index contributed by atoms with van der Waals surface area (Å²) in [5, 5.41) is 2.65. The highest BCUT2D eigenvalue weighted by atomic mass is 16.1. The number of carbonyl (C=O) groups is 1. The van der Waals surface area contributed by atoms with E-state index >= 15 is 0 Å². The number of hydrogen-bond acceptors (Lipinski definition) is 3. The van der Waals surface area contributed by atoms with Crippen molar-refractivity contribution in [3.05, 3.63) is 30.7 Å². The second kappa shape index (κ2) is 4.88. The number of carbonyl (C=O) groups excluding carboxylic acids is 1. The van der Waals surface area contributed by atoms with Crippen molar-refractivity contribution in [2.75, 3.05) is 5.32 Å². The number of rotatable bonds is 3. The Morgan fingerprint density at radius 1 is 1.50 bits per heavy atom. The topological polar surface area (TPSA) is 54.9 Å². The lowest BCUT2D eigenvalue weighted by Gasteiger charge is -2.08. The molecule has 1 fully saturated rings. The van der Waals surface area contributed by atoms with Crippen molar-refractivity contribution in [1.29, 1.82) is 0 Å². The molecule has 0 unspecified atom stereocenters. The lowest BCUT2D eigenvalue weighted by Crippen LogP contribution is -2.11. The van der Waals surface area contributed by atoms with E-state index in [1.165, 1.54) is 18.9 Å². The van der Waals surface area contributed by atoms with Gasteiger partial charge in [0.15, 0.2) is 0 Å². The van der Waals surface area contributed by atoms with Crippen LogP contribution in [0.1, 0.15) is 37.4 Å². The second-order valence-corrected chi connectivity index (χ2v) is 3.97. The van der Waals surface area contributed by atoms with E-state index < -0.39 is 0 Å². The third-order valence-corrected chi connectivity index (χ3v) is 2.83. The van der Waals surface area contributed by atoms with Crippen LogP contribution in [0.3, 0.4) is 0 Å². The maximum Gasteiger partial charge on any atom is 0.248 e. The zero-order valence-corrected chi connectivity index (χ0v) is 9.15. The lowest BCUT2D eigenvalue weighted by molar-refractivity contribution is -0.111. The van der Waals surface area contributed by atoms with Gasteiger partial charge in [-0.3, -0.25) is 4.79 Å². The highest BCUT2D eigenvalue weighted by molar-refractivity contribution is 5.98. The van der Waals surface area contributed by atoms with Gasteiger partial charge in [-0.05, 0) is 25.0 Å². The van der Waals surface area contributed by atoms with Crippen LogP contribution in [-0.2, 0) is 4.79 Å². The molecule has 1 heterocycles. The molecule has 84 valence electrons. The molecule has 1 N–H and O–H groups in total. The van der Waals surface area contributed by atoms with E-state index in [0.717, 1.165) is 18.7 Å². The minimum Gasteiger partial charge on any atom is -0.307 e. The van der Waals surface area contributed by atoms with Crippen molar-refractivity contribution in [1.82, 2.24) is 9.97 Å². The van der Waals surface area contributed by atoms with Crippen LogP contribution < -0.4 is 5.32 Å². The fourth-order valence-corrected chi connectivity index (χ4v) is 2.00. The molecule has 16 heavy (non-hydrogen) atoms. The molecule has 0 aromatic carbocycles. The molecule has 1 aliphatic rings. The molecule has 0 spiro atoms. The van der Waals surface area contributed by atoms with Gasteiger partial charge in [0.1, 0.15) is 11.6 Å². The molecule has 2 rings (SSSR count). The average molecular weight is 217 g/mol. The Kier molecular flexibility index (Phi) is 3.29. The first kappa shape index (κ1) is 10.8. The van der Waals surface area contributed by atoms with Crippen LogP contribution in [0.15, 0.2) is 24.9 Å². The number of amides is 1. The lowest BCUT2D eigenvalue weighted by atomic mass is 10.1. The summed E-state index contributed by atoms with van der Waals surface area (Å²) in [4.78, 5) is 19.7. The van der Waals surface area contributed by atoms with Crippen molar-refractivity contribution in [2.45, 2.75) is 31.6 Å². The third-order valence-electron chi connectivity index (χ3n) is 2.83. The quantitative estimate of drug-likeness (QED) is 0.790. The molecule has 0 saturated heterocycles. The van der Waals surface area contributed by atoms with Crippen LogP contribution in [0.2, 0.25) is 0 Å². The largest absolute Gasteiger partial charge is 0.307 e. The predicted octanol–water partition coefficient (Wildman–Crippen LogP) is 2.26. The predicted molar refractivity (Wildman–Crippen MR) is 62.1 cm³/mol. The van der Waals surface area contributed by atoms with Gasteiger partial charge in [-0.15, -0.1) is 0 Å². The zero-order valence-electron chi connectivity index (χ0n) is 9.15. The van der Waals surface area contributed by atoms with E-state index in [9.17, 15) is 4.79 Å². The molecule has 1 amide bonds. The maximum absolute atomic E-state index is 11.1. The van der Waals surface area contributed by atoms with Crippen LogP contribution in [0.4, 0.5) is 5.82 Å².